The molecule has 0 spiro atoms. The molecule has 19 heavy (non-hydrogen) atoms. The Morgan fingerprint density at radius 3 is 1.58 bits per heavy atom. The van der Waals surface area contributed by atoms with Gasteiger partial charge in [-0.25, -0.2) is 4.99 Å². The third kappa shape index (κ3) is 9.54. The highest BCUT2D eigenvalue weighted by molar-refractivity contribution is 7.78. The highest BCUT2D eigenvalue weighted by Gasteiger charge is 2.29. The molecule has 0 N–H and O–H groups in total. The quantitative estimate of drug-likeness (QED) is 0.167. The van der Waals surface area contributed by atoms with Crippen LogP contribution in [-0.2, 0) is 0 Å². The van der Waals surface area contributed by atoms with Gasteiger partial charge >= 0.3 is 0 Å². The fourth-order valence-electron chi connectivity index (χ4n) is 2.98. The molecule has 0 aromatic rings. The first-order valence-corrected chi connectivity index (χ1v) is 11.5. The lowest BCUT2D eigenvalue weighted by Gasteiger charge is -2.32. The fraction of sp³-hybridized carbons (Fsp3) is 0.938. The van der Waals surface area contributed by atoms with Crippen LogP contribution in [0.3, 0.4) is 0 Å². The first-order valence-electron chi connectivity index (χ1n) is 8.28. The monoisotopic (exact) mass is 299 g/mol. The average Bonchev–Trinajstić information content (AvgIpc) is 2.44. The smallest absolute Gasteiger partial charge is 0.0584 e. The lowest BCUT2D eigenvalue weighted by molar-refractivity contribution is 0.770. The van der Waals surface area contributed by atoms with E-state index in [-0.39, 0.29) is 0 Å². The molecule has 0 amide bonds. The zero-order valence-corrected chi connectivity index (χ0v) is 15.2. The van der Waals surface area contributed by atoms with Crippen LogP contribution in [0.15, 0.2) is 4.99 Å². The van der Waals surface area contributed by atoms with Crippen molar-refractivity contribution in [3.63, 3.8) is 0 Å². The van der Waals surface area contributed by atoms with E-state index in [9.17, 15) is 0 Å². The normalized spacial score (nSPS) is 11.3. The van der Waals surface area contributed by atoms with Gasteiger partial charge in [0.25, 0.3) is 0 Å². The summed E-state index contributed by atoms with van der Waals surface area (Å²) >= 11 is 4.66. The molecule has 0 saturated heterocycles. The number of isothiocyanates is 1. The van der Waals surface area contributed by atoms with Crippen molar-refractivity contribution in [3.8, 4) is 0 Å². The highest BCUT2D eigenvalue weighted by Crippen LogP contribution is 2.33. The number of thiocarbonyl (C=S) groups is 1. The molecular weight excluding hydrogens is 266 g/mol. The van der Waals surface area contributed by atoms with Crippen LogP contribution in [-0.4, -0.2) is 19.8 Å². The summed E-state index contributed by atoms with van der Waals surface area (Å²) in [7, 11) is -1.03. The minimum atomic E-state index is -1.03. The van der Waals surface area contributed by atoms with E-state index >= 15 is 0 Å². The number of aliphatic imine (C=N–C) groups is 1. The van der Waals surface area contributed by atoms with Crippen LogP contribution >= 0.6 is 12.2 Å². The minimum absolute atomic E-state index is 0.905. The van der Waals surface area contributed by atoms with Crippen molar-refractivity contribution in [1.29, 1.82) is 0 Å². The van der Waals surface area contributed by atoms with E-state index in [0.717, 1.165) is 6.54 Å². The number of hydrogen-bond acceptors (Lipinski definition) is 2. The predicted octanol–water partition coefficient (Wildman–Crippen LogP) is 6.33. The third-order valence-electron chi connectivity index (χ3n) is 4.22. The van der Waals surface area contributed by atoms with Gasteiger partial charge < -0.3 is 0 Å². The molecule has 1 nitrogen and oxygen atoms in total. The van der Waals surface area contributed by atoms with Gasteiger partial charge in [-0.15, -0.1) is 0 Å². The highest BCUT2D eigenvalue weighted by atomic mass is 32.1. The molecule has 0 aliphatic rings. The van der Waals surface area contributed by atoms with E-state index in [1.54, 1.807) is 18.1 Å². The molecule has 0 aromatic carbocycles. The van der Waals surface area contributed by atoms with Crippen LogP contribution in [0.2, 0.25) is 24.2 Å². The summed E-state index contributed by atoms with van der Waals surface area (Å²) in [5.41, 5.74) is 0. The van der Waals surface area contributed by atoms with Crippen LogP contribution in [0.5, 0.6) is 0 Å². The molecule has 0 aromatic heterocycles. The van der Waals surface area contributed by atoms with Gasteiger partial charge in [0.15, 0.2) is 0 Å². The molecule has 0 unspecified atom stereocenters. The predicted molar refractivity (Wildman–Crippen MR) is 94.2 cm³/mol. The van der Waals surface area contributed by atoms with Crippen LogP contribution in [0, 0.1) is 0 Å². The second kappa shape index (κ2) is 13.0. The van der Waals surface area contributed by atoms with E-state index in [1.807, 2.05) is 0 Å². The number of rotatable bonds is 13. The Morgan fingerprint density at radius 1 is 0.789 bits per heavy atom. The largest absolute Gasteiger partial charge is 0.233 e. The minimum Gasteiger partial charge on any atom is -0.233 e. The van der Waals surface area contributed by atoms with E-state index in [4.69, 9.17) is 0 Å². The molecule has 3 heteroatoms. The van der Waals surface area contributed by atoms with Gasteiger partial charge in [0.1, 0.15) is 0 Å². The van der Waals surface area contributed by atoms with Crippen molar-refractivity contribution in [2.24, 2.45) is 4.99 Å². The molecule has 112 valence electrons. The average molecular weight is 300 g/mol. The van der Waals surface area contributed by atoms with Crippen molar-refractivity contribution < 1.29 is 0 Å². The number of unbranched alkanes of at least 4 members (excludes halogenated alkanes) is 3. The fourth-order valence-corrected chi connectivity index (χ4v) is 8.79. The Balaban J connectivity index is 4.50. The van der Waals surface area contributed by atoms with E-state index in [0.29, 0.717) is 0 Å². The SMILES string of the molecule is CCCC[Si](CCCC)(CCCC)CCCN=C=S. The van der Waals surface area contributed by atoms with Crippen LogP contribution < -0.4 is 0 Å². The van der Waals surface area contributed by atoms with Gasteiger partial charge in [-0.3, -0.25) is 0 Å². The summed E-state index contributed by atoms with van der Waals surface area (Å²) in [6.07, 6.45) is 9.62. The maximum absolute atomic E-state index is 4.66. The molecule has 0 radical (unpaired) electrons. The second-order valence-corrected chi connectivity index (χ2v) is 11.1. The summed E-state index contributed by atoms with van der Waals surface area (Å²) in [4.78, 5) is 4.10. The van der Waals surface area contributed by atoms with Crippen LogP contribution in [0.1, 0.15) is 65.7 Å². The maximum Gasteiger partial charge on any atom is 0.0584 e. The van der Waals surface area contributed by atoms with Gasteiger partial charge in [-0.2, -0.15) is 0 Å². The standard InChI is InChI=1S/C16H33NSSi/c1-4-7-12-19(13-8-5-2,14-9-6-3)15-10-11-17-16-18/h4-15H2,1-3H3. The Morgan fingerprint density at radius 2 is 1.21 bits per heavy atom. The van der Waals surface area contributed by atoms with Crippen molar-refractivity contribution in [3.05, 3.63) is 0 Å². The molecule has 0 fully saturated rings. The molecule has 0 atom stereocenters. The topological polar surface area (TPSA) is 12.4 Å². The molecule has 0 aliphatic carbocycles. The molecule has 0 rings (SSSR count). The van der Waals surface area contributed by atoms with E-state index < -0.39 is 8.07 Å². The third-order valence-corrected chi connectivity index (χ3v) is 10.0. The Bertz CT molecular complexity index is 227. The zero-order chi connectivity index (χ0) is 14.4. The lowest BCUT2D eigenvalue weighted by Crippen LogP contribution is -2.34. The maximum atomic E-state index is 4.66. The van der Waals surface area contributed by atoms with Crippen LogP contribution in [0.4, 0.5) is 0 Å². The van der Waals surface area contributed by atoms with Gasteiger partial charge in [0.05, 0.1) is 13.2 Å². The first-order chi connectivity index (χ1) is 9.24. The molecule has 0 bridgehead atoms. The van der Waals surface area contributed by atoms with Gasteiger partial charge in [0.2, 0.25) is 0 Å². The first kappa shape index (κ1) is 19.0. The van der Waals surface area contributed by atoms with Crippen molar-refractivity contribution >= 4 is 25.5 Å². The van der Waals surface area contributed by atoms with Gasteiger partial charge in [-0.1, -0.05) is 83.5 Å². The molecule has 0 heterocycles. The van der Waals surface area contributed by atoms with Gasteiger partial charge in [0, 0.05) is 6.54 Å². The lowest BCUT2D eigenvalue weighted by atomic mass is 10.4. The molecular formula is C16H33NSSi. The molecule has 0 aliphatic heterocycles. The van der Waals surface area contributed by atoms with Crippen LogP contribution in [0.25, 0.3) is 0 Å². The zero-order valence-electron chi connectivity index (χ0n) is 13.3. The molecule has 0 saturated carbocycles. The van der Waals surface area contributed by atoms with Crippen molar-refractivity contribution in [1.82, 2.24) is 0 Å². The van der Waals surface area contributed by atoms with Gasteiger partial charge in [-0.05, 0) is 18.6 Å². The summed E-state index contributed by atoms with van der Waals surface area (Å²) in [6, 6.07) is 6.11. The van der Waals surface area contributed by atoms with Crippen molar-refractivity contribution in [2.75, 3.05) is 6.54 Å². The van der Waals surface area contributed by atoms with E-state index in [2.05, 4.69) is 43.1 Å². The number of nitrogens with zero attached hydrogens (tertiary/aromatic N) is 1. The Hall–Kier alpha value is 0.0169. The summed E-state index contributed by atoms with van der Waals surface area (Å²) < 4.78 is 0. The second-order valence-electron chi connectivity index (χ2n) is 5.89. The Kier molecular flexibility index (Phi) is 13.0. The summed E-state index contributed by atoms with van der Waals surface area (Å²) in [5, 5.41) is 2.51. The van der Waals surface area contributed by atoms with E-state index in [1.165, 1.54) is 51.0 Å². The summed E-state index contributed by atoms with van der Waals surface area (Å²) in [6.45, 7) is 7.89. The summed E-state index contributed by atoms with van der Waals surface area (Å²) in [5.74, 6) is 0. The number of hydrogen-bond donors (Lipinski definition) is 0. The van der Waals surface area contributed by atoms with Crippen molar-refractivity contribution in [2.45, 2.75) is 89.9 Å². The Labute approximate surface area is 127 Å².